The lowest BCUT2D eigenvalue weighted by atomic mass is 10.0. The van der Waals surface area contributed by atoms with Gasteiger partial charge >= 0.3 is 5.97 Å². The summed E-state index contributed by atoms with van der Waals surface area (Å²) in [4.78, 5) is 51.9. The molecule has 11 nitrogen and oxygen atoms in total. The van der Waals surface area contributed by atoms with Crippen molar-refractivity contribution in [3.05, 3.63) is 29.8 Å². The number of aliphatic hydroxyl groups is 1. The van der Waals surface area contributed by atoms with E-state index in [9.17, 15) is 34.5 Å². The number of aliphatic hydroxyl groups excluding tert-OH is 1. The quantitative estimate of drug-likeness (QED) is 0.215. The molecule has 1 aromatic rings. The Morgan fingerprint density at radius 1 is 1.17 bits per heavy atom. The van der Waals surface area contributed by atoms with Crippen molar-refractivity contribution in [2.24, 2.45) is 5.73 Å². The summed E-state index contributed by atoms with van der Waals surface area (Å²) >= 11 is 1.49. The van der Waals surface area contributed by atoms with Crippen LogP contribution >= 0.6 is 11.8 Å². The van der Waals surface area contributed by atoms with Gasteiger partial charge in [-0.2, -0.15) is 11.8 Å². The third-order valence-corrected chi connectivity index (χ3v) is 6.52. The molecule has 7 N–H and O–H groups in total. The number of phenolic OH excluding ortho intramolecular Hbond substituents is 1. The predicted octanol–water partition coefficient (Wildman–Crippen LogP) is -0.559. The lowest BCUT2D eigenvalue weighted by molar-refractivity contribution is -0.145. The third-order valence-electron chi connectivity index (χ3n) is 5.88. The number of phenols is 1. The average Bonchev–Trinajstić information content (AvgIpc) is 3.31. The van der Waals surface area contributed by atoms with Crippen molar-refractivity contribution in [3.8, 4) is 5.75 Å². The van der Waals surface area contributed by atoms with Crippen LogP contribution in [-0.2, 0) is 25.6 Å². The number of carbonyl (C=O) groups excluding carboxylic acids is 3. The lowest BCUT2D eigenvalue weighted by Gasteiger charge is -2.30. The fourth-order valence-corrected chi connectivity index (χ4v) is 4.29. The van der Waals surface area contributed by atoms with Gasteiger partial charge in [-0.1, -0.05) is 12.1 Å². The molecule has 1 aliphatic heterocycles. The molecule has 1 heterocycles. The molecule has 1 aromatic carbocycles. The molecule has 0 radical (unpaired) electrons. The van der Waals surface area contributed by atoms with Gasteiger partial charge in [-0.15, -0.1) is 0 Å². The second kappa shape index (κ2) is 13.3. The van der Waals surface area contributed by atoms with E-state index < -0.39 is 54.0 Å². The van der Waals surface area contributed by atoms with Gasteiger partial charge in [0, 0.05) is 13.0 Å². The molecule has 1 fully saturated rings. The average molecular weight is 511 g/mol. The number of nitrogens with two attached hydrogens (primary N) is 1. The summed E-state index contributed by atoms with van der Waals surface area (Å²) in [7, 11) is 0. The molecule has 3 amide bonds. The number of hydrogen-bond donors (Lipinski definition) is 6. The Bertz CT molecular complexity index is 896. The normalized spacial score (nSPS) is 18.9. The van der Waals surface area contributed by atoms with E-state index in [0.29, 0.717) is 37.1 Å². The lowest BCUT2D eigenvalue weighted by Crippen LogP contribution is -2.58. The second-order valence-electron chi connectivity index (χ2n) is 8.57. The molecular weight excluding hydrogens is 476 g/mol. The first-order valence-corrected chi connectivity index (χ1v) is 12.8. The highest BCUT2D eigenvalue weighted by atomic mass is 32.2. The fraction of sp³-hybridized carbons (Fsp3) is 0.565. The number of carbonyl (C=O) groups is 4. The first-order chi connectivity index (χ1) is 16.5. The summed E-state index contributed by atoms with van der Waals surface area (Å²) in [5, 5.41) is 33.7. The summed E-state index contributed by atoms with van der Waals surface area (Å²) in [5.41, 5.74) is 6.31. The van der Waals surface area contributed by atoms with Crippen LogP contribution < -0.4 is 16.4 Å². The number of aromatic hydroxyl groups is 1. The minimum atomic E-state index is -1.22. The van der Waals surface area contributed by atoms with Crippen LogP contribution in [0.5, 0.6) is 5.75 Å². The first kappa shape index (κ1) is 28.4. The van der Waals surface area contributed by atoms with Crippen molar-refractivity contribution in [1.29, 1.82) is 0 Å². The smallest absolute Gasteiger partial charge is 0.326 e. The van der Waals surface area contributed by atoms with E-state index in [0.717, 1.165) is 0 Å². The van der Waals surface area contributed by atoms with Crippen molar-refractivity contribution in [1.82, 2.24) is 15.5 Å². The zero-order valence-electron chi connectivity index (χ0n) is 19.8. The Labute approximate surface area is 208 Å². The van der Waals surface area contributed by atoms with Crippen molar-refractivity contribution in [3.63, 3.8) is 0 Å². The van der Waals surface area contributed by atoms with Crippen LogP contribution in [0.25, 0.3) is 0 Å². The largest absolute Gasteiger partial charge is 0.508 e. The van der Waals surface area contributed by atoms with Crippen molar-refractivity contribution in [2.45, 2.75) is 62.9 Å². The fourth-order valence-electron chi connectivity index (χ4n) is 3.82. The Morgan fingerprint density at radius 3 is 2.40 bits per heavy atom. The third kappa shape index (κ3) is 8.11. The standard InChI is InChI=1S/C23H34N4O7S/c1-13(28)19(24)21(31)25-16(9-11-35-2)22(32)27-10-3-4-18(27)20(30)26-17(23(33)34)12-14-5-7-15(29)8-6-14/h5-8,13,16-19,28-29H,3-4,9-12,24H2,1-2H3,(H,25,31)(H,26,30)(H,33,34). The topological polar surface area (TPSA) is 182 Å². The molecule has 0 bridgehead atoms. The van der Waals surface area contributed by atoms with Gasteiger partial charge in [0.05, 0.1) is 6.10 Å². The van der Waals surface area contributed by atoms with Gasteiger partial charge < -0.3 is 36.6 Å². The first-order valence-electron chi connectivity index (χ1n) is 11.4. The molecule has 2 rings (SSSR count). The number of nitrogens with one attached hydrogen (secondary N) is 2. The molecule has 194 valence electrons. The number of amides is 3. The SMILES string of the molecule is CSCCC(NC(=O)C(N)C(C)O)C(=O)N1CCCC1C(=O)NC(Cc1ccc(O)cc1)C(=O)O. The Morgan fingerprint density at radius 2 is 1.83 bits per heavy atom. The van der Waals surface area contributed by atoms with Crippen LogP contribution in [0.2, 0.25) is 0 Å². The molecule has 0 spiro atoms. The molecule has 0 aliphatic carbocycles. The van der Waals surface area contributed by atoms with E-state index in [2.05, 4.69) is 10.6 Å². The van der Waals surface area contributed by atoms with E-state index >= 15 is 0 Å². The minimum absolute atomic E-state index is 0.00561. The summed E-state index contributed by atoms with van der Waals surface area (Å²) < 4.78 is 0. The highest BCUT2D eigenvalue weighted by Crippen LogP contribution is 2.20. The van der Waals surface area contributed by atoms with Crippen LogP contribution in [0.3, 0.4) is 0 Å². The maximum atomic E-state index is 13.3. The van der Waals surface area contributed by atoms with E-state index in [-0.39, 0.29) is 12.2 Å². The molecule has 1 aliphatic rings. The van der Waals surface area contributed by atoms with E-state index in [1.54, 1.807) is 12.1 Å². The van der Waals surface area contributed by atoms with Crippen molar-refractivity contribution >= 4 is 35.5 Å². The summed E-state index contributed by atoms with van der Waals surface area (Å²) in [6, 6.07) is 1.78. The number of benzene rings is 1. The molecule has 1 saturated heterocycles. The van der Waals surface area contributed by atoms with Crippen molar-refractivity contribution in [2.75, 3.05) is 18.6 Å². The van der Waals surface area contributed by atoms with Gasteiger partial charge in [-0.3, -0.25) is 14.4 Å². The number of rotatable bonds is 12. The molecule has 0 aromatic heterocycles. The maximum absolute atomic E-state index is 13.3. The highest BCUT2D eigenvalue weighted by molar-refractivity contribution is 7.98. The zero-order chi connectivity index (χ0) is 26.1. The van der Waals surface area contributed by atoms with E-state index in [1.807, 2.05) is 6.26 Å². The van der Waals surface area contributed by atoms with Crippen LogP contribution in [0.15, 0.2) is 24.3 Å². The Hall–Kier alpha value is -2.83. The Balaban J connectivity index is 2.12. The molecule has 35 heavy (non-hydrogen) atoms. The van der Waals surface area contributed by atoms with Gasteiger partial charge in [0.25, 0.3) is 0 Å². The summed E-state index contributed by atoms with van der Waals surface area (Å²) in [6.07, 6.45) is 1.98. The predicted molar refractivity (Wildman–Crippen MR) is 131 cm³/mol. The van der Waals surface area contributed by atoms with Crippen molar-refractivity contribution < 1.29 is 34.5 Å². The zero-order valence-corrected chi connectivity index (χ0v) is 20.7. The van der Waals surface area contributed by atoms with Gasteiger partial charge in [-0.25, -0.2) is 4.79 Å². The van der Waals surface area contributed by atoms with Crippen LogP contribution in [0.1, 0.15) is 31.7 Å². The molecule has 0 saturated carbocycles. The molecular formula is C23H34N4O7S. The number of hydrogen-bond acceptors (Lipinski definition) is 8. The van der Waals surface area contributed by atoms with Gasteiger partial charge in [0.2, 0.25) is 17.7 Å². The number of carboxylic acid groups (broad SMARTS) is 1. The molecule has 5 unspecified atom stereocenters. The molecule has 5 atom stereocenters. The Kier molecular flexibility index (Phi) is 10.8. The number of carboxylic acids is 1. The number of nitrogens with zero attached hydrogens (tertiary/aromatic N) is 1. The van der Waals surface area contributed by atoms with Gasteiger partial charge in [0.1, 0.15) is 29.9 Å². The second-order valence-corrected chi connectivity index (χ2v) is 9.55. The number of thioether (sulfide) groups is 1. The molecule has 12 heteroatoms. The maximum Gasteiger partial charge on any atom is 0.326 e. The van der Waals surface area contributed by atoms with Crippen LogP contribution in [0, 0.1) is 0 Å². The minimum Gasteiger partial charge on any atom is -0.508 e. The highest BCUT2D eigenvalue weighted by Gasteiger charge is 2.39. The summed E-state index contributed by atoms with van der Waals surface area (Å²) in [5.74, 6) is -2.31. The number of likely N-dealkylation sites (tertiary alicyclic amines) is 1. The van der Waals surface area contributed by atoms with Gasteiger partial charge in [0.15, 0.2) is 0 Å². The van der Waals surface area contributed by atoms with E-state index in [4.69, 9.17) is 5.73 Å². The van der Waals surface area contributed by atoms with Gasteiger partial charge in [-0.05, 0) is 55.9 Å². The number of aliphatic carboxylic acids is 1. The van der Waals surface area contributed by atoms with Crippen LogP contribution in [-0.4, -0.2) is 92.7 Å². The van der Waals surface area contributed by atoms with E-state index in [1.165, 1.54) is 35.7 Å². The monoisotopic (exact) mass is 510 g/mol. The summed E-state index contributed by atoms with van der Waals surface area (Å²) in [6.45, 7) is 1.67. The van der Waals surface area contributed by atoms with Crippen LogP contribution in [0.4, 0.5) is 0 Å².